The summed E-state index contributed by atoms with van der Waals surface area (Å²) in [7, 11) is 0. The van der Waals surface area contributed by atoms with Gasteiger partial charge in [-0.25, -0.2) is 0 Å². The third-order valence-corrected chi connectivity index (χ3v) is 4.20. The van der Waals surface area contributed by atoms with Crippen molar-refractivity contribution in [3.63, 3.8) is 0 Å². The zero-order chi connectivity index (χ0) is 15.1. The van der Waals surface area contributed by atoms with E-state index in [2.05, 4.69) is 73.5 Å². The summed E-state index contributed by atoms with van der Waals surface area (Å²) in [5.74, 6) is 0. The monoisotopic (exact) mass is 284 g/mol. The number of anilines is 1. The molecule has 0 heterocycles. The van der Waals surface area contributed by atoms with Crippen molar-refractivity contribution in [1.29, 1.82) is 0 Å². The lowest BCUT2D eigenvalue weighted by atomic mass is 10.1. The van der Waals surface area contributed by atoms with Gasteiger partial charge in [0.15, 0.2) is 0 Å². The van der Waals surface area contributed by atoms with E-state index in [1.165, 1.54) is 35.8 Å². The Morgan fingerprint density at radius 1 is 1.00 bits per heavy atom. The summed E-state index contributed by atoms with van der Waals surface area (Å²) >= 11 is 0. The maximum absolute atomic E-state index is 3.68. The van der Waals surface area contributed by atoms with Gasteiger partial charge in [-0.1, -0.05) is 50.2 Å². The Hall–Kier alpha value is -1.54. The highest BCUT2D eigenvalue weighted by molar-refractivity contribution is 5.93. The predicted octanol–water partition coefficient (Wildman–Crippen LogP) is 4.76. The molecule has 0 aromatic heterocycles. The van der Waals surface area contributed by atoms with Gasteiger partial charge < -0.3 is 10.2 Å². The van der Waals surface area contributed by atoms with E-state index in [0.29, 0.717) is 6.04 Å². The molecule has 0 aliphatic carbocycles. The van der Waals surface area contributed by atoms with Crippen LogP contribution in [0.1, 0.15) is 33.6 Å². The minimum absolute atomic E-state index is 0.506. The predicted molar refractivity (Wildman–Crippen MR) is 94.1 cm³/mol. The number of fused-ring (bicyclic) bond motifs is 1. The van der Waals surface area contributed by atoms with E-state index in [4.69, 9.17) is 0 Å². The molecule has 2 aromatic carbocycles. The number of hydrogen-bond acceptors (Lipinski definition) is 2. The maximum atomic E-state index is 3.68. The van der Waals surface area contributed by atoms with Gasteiger partial charge in [0.1, 0.15) is 0 Å². The smallest absolute Gasteiger partial charge is 0.0421 e. The summed E-state index contributed by atoms with van der Waals surface area (Å²) in [4.78, 5) is 2.49. The van der Waals surface area contributed by atoms with Gasteiger partial charge in [0.25, 0.3) is 0 Å². The zero-order valence-corrected chi connectivity index (χ0v) is 13.6. The molecule has 2 nitrogen and oxygen atoms in total. The Labute approximate surface area is 129 Å². The number of hydrogen-bond donors (Lipinski definition) is 1. The summed E-state index contributed by atoms with van der Waals surface area (Å²) < 4.78 is 0. The molecule has 0 aliphatic heterocycles. The third kappa shape index (κ3) is 4.47. The SMILES string of the molecule is CCN(CC)CCC[C@H](C)Nc1cccc2ccccc12. The number of benzene rings is 2. The van der Waals surface area contributed by atoms with Crippen molar-refractivity contribution in [2.75, 3.05) is 25.0 Å². The van der Waals surface area contributed by atoms with Gasteiger partial charge in [0.2, 0.25) is 0 Å². The van der Waals surface area contributed by atoms with Crippen molar-refractivity contribution in [3.8, 4) is 0 Å². The van der Waals surface area contributed by atoms with E-state index >= 15 is 0 Å². The van der Waals surface area contributed by atoms with Gasteiger partial charge >= 0.3 is 0 Å². The van der Waals surface area contributed by atoms with Crippen LogP contribution >= 0.6 is 0 Å². The second-order valence-electron chi connectivity index (χ2n) is 5.74. The Bertz CT molecular complexity index is 541. The Balaban J connectivity index is 1.91. The molecule has 2 aromatic rings. The van der Waals surface area contributed by atoms with Gasteiger partial charge in [-0.3, -0.25) is 0 Å². The van der Waals surface area contributed by atoms with Crippen molar-refractivity contribution < 1.29 is 0 Å². The molecule has 0 aliphatic rings. The van der Waals surface area contributed by atoms with Crippen LogP contribution in [-0.2, 0) is 0 Å². The van der Waals surface area contributed by atoms with Gasteiger partial charge in [-0.2, -0.15) is 0 Å². The molecule has 0 bridgehead atoms. The quantitative estimate of drug-likeness (QED) is 0.751. The van der Waals surface area contributed by atoms with Crippen LogP contribution < -0.4 is 5.32 Å². The lowest BCUT2D eigenvalue weighted by molar-refractivity contribution is 0.295. The molecule has 0 spiro atoms. The Morgan fingerprint density at radius 3 is 2.48 bits per heavy atom. The fourth-order valence-corrected chi connectivity index (χ4v) is 2.85. The third-order valence-electron chi connectivity index (χ3n) is 4.20. The minimum Gasteiger partial charge on any atom is -0.382 e. The van der Waals surface area contributed by atoms with E-state index < -0.39 is 0 Å². The van der Waals surface area contributed by atoms with Crippen LogP contribution in [0.25, 0.3) is 10.8 Å². The average Bonchev–Trinajstić information content (AvgIpc) is 2.52. The molecule has 0 saturated carbocycles. The summed E-state index contributed by atoms with van der Waals surface area (Å²) in [5.41, 5.74) is 1.25. The molecule has 0 saturated heterocycles. The van der Waals surface area contributed by atoms with Crippen molar-refractivity contribution in [2.24, 2.45) is 0 Å². The van der Waals surface area contributed by atoms with Crippen LogP contribution in [0, 0.1) is 0 Å². The van der Waals surface area contributed by atoms with Crippen molar-refractivity contribution in [3.05, 3.63) is 42.5 Å². The molecule has 0 amide bonds. The second kappa shape index (κ2) is 8.04. The molecule has 1 N–H and O–H groups in total. The second-order valence-corrected chi connectivity index (χ2v) is 5.74. The fraction of sp³-hybridized carbons (Fsp3) is 0.474. The molecule has 2 rings (SSSR count). The molecule has 0 unspecified atom stereocenters. The topological polar surface area (TPSA) is 15.3 Å². The molecular weight excluding hydrogens is 256 g/mol. The largest absolute Gasteiger partial charge is 0.382 e. The van der Waals surface area contributed by atoms with Gasteiger partial charge in [0.05, 0.1) is 0 Å². The van der Waals surface area contributed by atoms with Gasteiger partial charge in [0, 0.05) is 17.1 Å². The standard InChI is InChI=1S/C19H28N2/c1-4-21(5-2)15-9-10-16(3)20-19-14-8-12-17-11-6-7-13-18(17)19/h6-8,11-14,16,20H,4-5,9-10,15H2,1-3H3/t16-/m0/s1. The van der Waals surface area contributed by atoms with Crippen LogP contribution in [0.4, 0.5) is 5.69 Å². The number of nitrogens with one attached hydrogen (secondary N) is 1. The first-order chi connectivity index (χ1) is 10.2. The van der Waals surface area contributed by atoms with E-state index in [-0.39, 0.29) is 0 Å². The highest BCUT2D eigenvalue weighted by Crippen LogP contribution is 2.24. The molecular formula is C19H28N2. The van der Waals surface area contributed by atoms with Crippen LogP contribution in [0.5, 0.6) is 0 Å². The summed E-state index contributed by atoms with van der Waals surface area (Å²) in [6.07, 6.45) is 2.46. The molecule has 2 heteroatoms. The number of rotatable bonds is 8. The molecule has 21 heavy (non-hydrogen) atoms. The summed E-state index contributed by atoms with van der Waals surface area (Å²) in [6, 6.07) is 15.6. The first kappa shape index (κ1) is 15.8. The van der Waals surface area contributed by atoms with Crippen LogP contribution in [0.15, 0.2) is 42.5 Å². The van der Waals surface area contributed by atoms with E-state index in [0.717, 1.165) is 13.1 Å². The Kier molecular flexibility index (Phi) is 6.06. The van der Waals surface area contributed by atoms with Crippen molar-refractivity contribution in [2.45, 2.75) is 39.7 Å². The maximum Gasteiger partial charge on any atom is 0.0421 e. The minimum atomic E-state index is 0.506. The lowest BCUT2D eigenvalue weighted by Gasteiger charge is -2.21. The zero-order valence-electron chi connectivity index (χ0n) is 13.6. The molecule has 0 fully saturated rings. The van der Waals surface area contributed by atoms with Crippen LogP contribution in [0.3, 0.4) is 0 Å². The van der Waals surface area contributed by atoms with Crippen LogP contribution in [0.2, 0.25) is 0 Å². The normalized spacial score (nSPS) is 12.8. The molecule has 0 radical (unpaired) electrons. The Morgan fingerprint density at radius 2 is 1.71 bits per heavy atom. The first-order valence-electron chi connectivity index (χ1n) is 8.21. The van der Waals surface area contributed by atoms with E-state index in [1.54, 1.807) is 0 Å². The molecule has 114 valence electrons. The van der Waals surface area contributed by atoms with E-state index in [1.807, 2.05) is 0 Å². The molecule has 1 atom stereocenters. The van der Waals surface area contributed by atoms with Gasteiger partial charge in [-0.05, 0) is 50.9 Å². The van der Waals surface area contributed by atoms with Gasteiger partial charge in [-0.15, -0.1) is 0 Å². The summed E-state index contributed by atoms with van der Waals surface area (Å²) in [6.45, 7) is 10.3. The van der Waals surface area contributed by atoms with Crippen molar-refractivity contribution in [1.82, 2.24) is 4.90 Å². The lowest BCUT2D eigenvalue weighted by Crippen LogP contribution is -2.25. The van der Waals surface area contributed by atoms with Crippen LogP contribution in [-0.4, -0.2) is 30.6 Å². The van der Waals surface area contributed by atoms with E-state index in [9.17, 15) is 0 Å². The fourth-order valence-electron chi connectivity index (χ4n) is 2.85. The highest BCUT2D eigenvalue weighted by atomic mass is 15.1. The van der Waals surface area contributed by atoms with Crippen molar-refractivity contribution >= 4 is 16.5 Å². The summed E-state index contributed by atoms with van der Waals surface area (Å²) in [5, 5.41) is 6.30. The average molecular weight is 284 g/mol. The highest BCUT2D eigenvalue weighted by Gasteiger charge is 2.06. The first-order valence-corrected chi connectivity index (χ1v) is 8.21. The number of nitrogens with zero attached hydrogens (tertiary/aromatic N) is 1.